The number of carbonyl (C=O) groups is 2. The molecule has 0 saturated carbocycles. The zero-order chi connectivity index (χ0) is 23.0. The van der Waals surface area contributed by atoms with Gasteiger partial charge < -0.3 is 19.4 Å². The Morgan fingerprint density at radius 3 is 2.03 bits per heavy atom. The van der Waals surface area contributed by atoms with Crippen molar-refractivity contribution in [1.82, 2.24) is 0 Å². The minimum atomic E-state index is -0.563. The van der Waals surface area contributed by atoms with E-state index in [1.807, 2.05) is 54.5 Å². The van der Waals surface area contributed by atoms with Crippen LogP contribution in [0.3, 0.4) is 0 Å². The molecule has 3 rings (SSSR count). The molecule has 2 aromatic carbocycles. The highest BCUT2D eigenvalue weighted by Crippen LogP contribution is 2.36. The first kappa shape index (κ1) is 23.0. The highest BCUT2D eigenvalue weighted by molar-refractivity contribution is 6.62. The SMILES string of the molecule is CC(C)(C)OC(=O)c1ccc(NC(=O)c2cccc(B3OC(C)(C)C(C)(C)O3)c2)cc1. The lowest BCUT2D eigenvalue weighted by molar-refractivity contribution is 0.00578. The van der Waals surface area contributed by atoms with Crippen LogP contribution < -0.4 is 10.8 Å². The number of amides is 1. The van der Waals surface area contributed by atoms with Crippen LogP contribution >= 0.6 is 0 Å². The van der Waals surface area contributed by atoms with Gasteiger partial charge in [-0.1, -0.05) is 12.1 Å². The molecule has 0 spiro atoms. The van der Waals surface area contributed by atoms with Crippen molar-refractivity contribution >= 4 is 30.1 Å². The number of benzene rings is 2. The van der Waals surface area contributed by atoms with E-state index in [0.717, 1.165) is 5.46 Å². The summed E-state index contributed by atoms with van der Waals surface area (Å²) >= 11 is 0. The predicted molar refractivity (Wildman–Crippen MR) is 122 cm³/mol. The quantitative estimate of drug-likeness (QED) is 0.590. The molecule has 7 heteroatoms. The van der Waals surface area contributed by atoms with Gasteiger partial charge in [0.2, 0.25) is 0 Å². The molecular weight excluding hydrogens is 393 g/mol. The monoisotopic (exact) mass is 423 g/mol. The highest BCUT2D eigenvalue weighted by atomic mass is 16.7. The third-order valence-electron chi connectivity index (χ3n) is 5.45. The fraction of sp³-hybridized carbons (Fsp3) is 0.417. The fourth-order valence-corrected chi connectivity index (χ4v) is 3.04. The number of nitrogens with one attached hydrogen (secondary N) is 1. The summed E-state index contributed by atoms with van der Waals surface area (Å²) in [5.74, 6) is -0.663. The lowest BCUT2D eigenvalue weighted by atomic mass is 9.78. The molecule has 1 amide bonds. The van der Waals surface area contributed by atoms with Gasteiger partial charge in [-0.05, 0) is 90.3 Å². The first-order valence-corrected chi connectivity index (χ1v) is 10.4. The maximum atomic E-state index is 12.8. The second-order valence-corrected chi connectivity index (χ2v) is 9.75. The van der Waals surface area contributed by atoms with Gasteiger partial charge in [-0.2, -0.15) is 0 Å². The van der Waals surface area contributed by atoms with Crippen LogP contribution in [0.15, 0.2) is 48.5 Å². The molecule has 6 nitrogen and oxygen atoms in total. The number of carbonyl (C=O) groups excluding carboxylic acids is 2. The molecule has 31 heavy (non-hydrogen) atoms. The second-order valence-electron chi connectivity index (χ2n) is 9.75. The molecule has 1 aliphatic rings. The van der Waals surface area contributed by atoms with Crippen molar-refractivity contribution < 1.29 is 23.6 Å². The molecule has 0 unspecified atom stereocenters. The Morgan fingerprint density at radius 2 is 1.48 bits per heavy atom. The Bertz CT molecular complexity index is 960. The molecule has 1 saturated heterocycles. The molecule has 2 aromatic rings. The van der Waals surface area contributed by atoms with E-state index in [1.165, 1.54) is 0 Å². The molecule has 0 bridgehead atoms. The Labute approximate surface area is 184 Å². The predicted octanol–water partition coefficient (Wildman–Crippen LogP) is 4.19. The number of ether oxygens (including phenoxy) is 1. The van der Waals surface area contributed by atoms with Crippen LogP contribution in [-0.2, 0) is 14.0 Å². The smallest absolute Gasteiger partial charge is 0.456 e. The average molecular weight is 423 g/mol. The number of anilines is 1. The summed E-state index contributed by atoms with van der Waals surface area (Å²) in [5.41, 5.74) is 0.813. The maximum absolute atomic E-state index is 12.8. The summed E-state index contributed by atoms with van der Waals surface area (Å²) in [4.78, 5) is 24.9. The molecule has 1 heterocycles. The van der Waals surface area contributed by atoms with Gasteiger partial charge in [-0.3, -0.25) is 4.79 Å². The molecule has 0 atom stereocenters. The molecule has 1 fully saturated rings. The number of rotatable bonds is 4. The minimum Gasteiger partial charge on any atom is -0.456 e. The zero-order valence-corrected chi connectivity index (χ0v) is 19.2. The van der Waals surface area contributed by atoms with E-state index < -0.39 is 29.9 Å². The Balaban J connectivity index is 1.69. The van der Waals surface area contributed by atoms with Gasteiger partial charge >= 0.3 is 13.1 Å². The van der Waals surface area contributed by atoms with Gasteiger partial charge in [0.25, 0.3) is 5.91 Å². The molecule has 0 aromatic heterocycles. The summed E-state index contributed by atoms with van der Waals surface area (Å²) in [6.07, 6.45) is 0. The normalized spacial score (nSPS) is 17.3. The van der Waals surface area contributed by atoms with Gasteiger partial charge in [0.05, 0.1) is 16.8 Å². The minimum absolute atomic E-state index is 0.261. The largest absolute Gasteiger partial charge is 0.494 e. The first-order valence-electron chi connectivity index (χ1n) is 10.4. The second kappa shape index (κ2) is 8.13. The number of hydrogen-bond donors (Lipinski definition) is 1. The van der Waals surface area contributed by atoms with Crippen LogP contribution in [-0.4, -0.2) is 35.8 Å². The average Bonchev–Trinajstić information content (AvgIpc) is 2.88. The van der Waals surface area contributed by atoms with Crippen molar-refractivity contribution in [2.75, 3.05) is 5.32 Å². The summed E-state index contributed by atoms with van der Waals surface area (Å²) in [6.45, 7) is 13.4. The van der Waals surface area contributed by atoms with Crippen LogP contribution in [0, 0.1) is 0 Å². The fourth-order valence-electron chi connectivity index (χ4n) is 3.04. The van der Waals surface area contributed by atoms with Crippen molar-refractivity contribution in [1.29, 1.82) is 0 Å². The van der Waals surface area contributed by atoms with Crippen molar-refractivity contribution in [3.8, 4) is 0 Å². The summed E-state index contributed by atoms with van der Waals surface area (Å²) in [7, 11) is -0.536. The summed E-state index contributed by atoms with van der Waals surface area (Å²) < 4.78 is 17.5. The van der Waals surface area contributed by atoms with Crippen molar-refractivity contribution in [3.05, 3.63) is 59.7 Å². The van der Waals surface area contributed by atoms with Crippen molar-refractivity contribution in [3.63, 3.8) is 0 Å². The molecule has 1 aliphatic heterocycles. The van der Waals surface area contributed by atoms with E-state index in [1.54, 1.807) is 42.5 Å². The van der Waals surface area contributed by atoms with Crippen molar-refractivity contribution in [2.24, 2.45) is 0 Å². The topological polar surface area (TPSA) is 73.9 Å². The molecular formula is C24H30BNO5. The summed E-state index contributed by atoms with van der Waals surface area (Å²) in [5, 5.41) is 2.85. The van der Waals surface area contributed by atoms with E-state index in [9.17, 15) is 9.59 Å². The van der Waals surface area contributed by atoms with E-state index in [-0.39, 0.29) is 5.91 Å². The van der Waals surface area contributed by atoms with E-state index in [4.69, 9.17) is 14.0 Å². The van der Waals surface area contributed by atoms with Crippen molar-refractivity contribution in [2.45, 2.75) is 65.3 Å². The van der Waals surface area contributed by atoms with Crippen LogP contribution in [0.5, 0.6) is 0 Å². The number of esters is 1. The molecule has 0 radical (unpaired) electrons. The van der Waals surface area contributed by atoms with Gasteiger partial charge in [0.15, 0.2) is 0 Å². The third-order valence-corrected chi connectivity index (χ3v) is 5.45. The molecule has 0 aliphatic carbocycles. The van der Waals surface area contributed by atoms with Gasteiger partial charge in [0.1, 0.15) is 5.60 Å². The lowest BCUT2D eigenvalue weighted by Crippen LogP contribution is -2.41. The van der Waals surface area contributed by atoms with Crippen LogP contribution in [0.1, 0.15) is 69.2 Å². The standard InChI is InChI=1S/C24H30BNO5/c1-22(2,3)29-21(28)16-11-13-19(14-12-16)26-20(27)17-9-8-10-18(15-17)25-30-23(4,5)24(6,7)31-25/h8-15H,1-7H3,(H,26,27). The zero-order valence-electron chi connectivity index (χ0n) is 19.2. The van der Waals surface area contributed by atoms with Crippen LogP contribution in [0.2, 0.25) is 0 Å². The van der Waals surface area contributed by atoms with E-state index >= 15 is 0 Å². The Morgan fingerprint density at radius 1 is 0.903 bits per heavy atom. The first-order chi connectivity index (χ1) is 14.3. The lowest BCUT2D eigenvalue weighted by Gasteiger charge is -2.32. The van der Waals surface area contributed by atoms with Crippen LogP contribution in [0.4, 0.5) is 5.69 Å². The third kappa shape index (κ3) is 5.35. The Hall–Kier alpha value is -2.64. The number of hydrogen-bond acceptors (Lipinski definition) is 5. The summed E-state index contributed by atoms with van der Waals surface area (Å²) in [6, 6.07) is 13.8. The van der Waals surface area contributed by atoms with E-state index in [0.29, 0.717) is 16.8 Å². The van der Waals surface area contributed by atoms with Gasteiger partial charge in [-0.15, -0.1) is 0 Å². The Kier molecular flexibility index (Phi) is 6.04. The maximum Gasteiger partial charge on any atom is 0.494 e. The van der Waals surface area contributed by atoms with Crippen LogP contribution in [0.25, 0.3) is 0 Å². The molecule has 164 valence electrons. The molecule has 1 N–H and O–H groups in total. The van der Waals surface area contributed by atoms with Gasteiger partial charge in [-0.25, -0.2) is 4.79 Å². The van der Waals surface area contributed by atoms with Gasteiger partial charge in [0, 0.05) is 11.3 Å². The highest BCUT2D eigenvalue weighted by Gasteiger charge is 2.51. The van der Waals surface area contributed by atoms with E-state index in [2.05, 4.69) is 5.32 Å².